The number of aromatic nitrogens is 1. The fourth-order valence-electron chi connectivity index (χ4n) is 2.57. The van der Waals surface area contributed by atoms with E-state index in [1.54, 1.807) is 11.3 Å². The molecule has 4 nitrogen and oxygen atoms in total. The minimum absolute atomic E-state index is 0.101. The zero-order valence-corrected chi connectivity index (χ0v) is 14.5. The summed E-state index contributed by atoms with van der Waals surface area (Å²) in [4.78, 5) is 16.7. The van der Waals surface area contributed by atoms with Crippen molar-refractivity contribution in [1.29, 1.82) is 0 Å². The average molecular weight is 380 g/mol. The highest BCUT2D eigenvalue weighted by Crippen LogP contribution is 2.27. The van der Waals surface area contributed by atoms with E-state index in [9.17, 15) is 4.79 Å². The van der Waals surface area contributed by atoms with E-state index in [4.69, 9.17) is 0 Å². The van der Waals surface area contributed by atoms with Gasteiger partial charge in [-0.05, 0) is 43.6 Å². The molecule has 1 amide bonds. The fourth-order valence-corrected chi connectivity index (χ4v) is 3.99. The minimum atomic E-state index is -0.101. The van der Waals surface area contributed by atoms with E-state index in [2.05, 4.69) is 31.5 Å². The summed E-state index contributed by atoms with van der Waals surface area (Å²) in [5, 5.41) is 9.24. The second kappa shape index (κ2) is 7.35. The molecule has 0 radical (unpaired) electrons. The van der Waals surface area contributed by atoms with Crippen LogP contribution >= 0.6 is 27.3 Å². The van der Waals surface area contributed by atoms with Crippen LogP contribution in [-0.4, -0.2) is 24.0 Å². The van der Waals surface area contributed by atoms with Gasteiger partial charge in [0, 0.05) is 22.3 Å². The summed E-state index contributed by atoms with van der Waals surface area (Å²) in [5.74, 6) is 0.397. The van der Waals surface area contributed by atoms with Crippen molar-refractivity contribution in [2.45, 2.75) is 25.3 Å². The Morgan fingerprint density at radius 1 is 1.41 bits per heavy atom. The van der Waals surface area contributed by atoms with Gasteiger partial charge in [-0.25, -0.2) is 4.98 Å². The van der Waals surface area contributed by atoms with Crippen molar-refractivity contribution in [1.82, 2.24) is 15.6 Å². The highest BCUT2D eigenvalue weighted by molar-refractivity contribution is 9.10. The van der Waals surface area contributed by atoms with Gasteiger partial charge in [-0.3, -0.25) is 4.79 Å². The van der Waals surface area contributed by atoms with Crippen LogP contribution in [0.4, 0.5) is 0 Å². The number of hydrogen-bond acceptors (Lipinski definition) is 4. The van der Waals surface area contributed by atoms with Gasteiger partial charge in [0.25, 0.3) is 5.91 Å². The van der Waals surface area contributed by atoms with Crippen LogP contribution in [0.5, 0.6) is 0 Å². The van der Waals surface area contributed by atoms with Crippen molar-refractivity contribution in [2.24, 2.45) is 0 Å². The number of halogens is 1. The molecule has 0 spiro atoms. The van der Waals surface area contributed by atoms with Crippen molar-refractivity contribution < 1.29 is 4.79 Å². The monoisotopic (exact) mass is 379 g/mol. The van der Waals surface area contributed by atoms with E-state index in [1.807, 2.05) is 29.6 Å². The van der Waals surface area contributed by atoms with E-state index in [-0.39, 0.29) is 5.91 Å². The van der Waals surface area contributed by atoms with Crippen LogP contribution in [0.15, 0.2) is 34.1 Å². The number of hydrogen-bond donors (Lipinski definition) is 2. The number of thiazole rings is 1. The number of nitrogens with one attached hydrogen (secondary N) is 2. The molecule has 0 saturated carbocycles. The summed E-state index contributed by atoms with van der Waals surface area (Å²) in [7, 11) is 0. The number of piperidine rings is 1. The van der Waals surface area contributed by atoms with E-state index < -0.39 is 0 Å². The first-order valence-electron chi connectivity index (χ1n) is 7.41. The van der Waals surface area contributed by atoms with Gasteiger partial charge < -0.3 is 10.6 Å². The SMILES string of the molecule is O=C(NCc1cccc(Br)c1)c1csc(C2CCNCC2)n1. The van der Waals surface area contributed by atoms with E-state index in [0.717, 1.165) is 41.0 Å². The maximum absolute atomic E-state index is 12.2. The van der Waals surface area contributed by atoms with Crippen molar-refractivity contribution in [3.05, 3.63) is 50.4 Å². The molecular weight excluding hydrogens is 362 g/mol. The van der Waals surface area contributed by atoms with Crippen molar-refractivity contribution in [3.63, 3.8) is 0 Å². The van der Waals surface area contributed by atoms with Gasteiger partial charge in [0.05, 0.1) is 5.01 Å². The Labute approximate surface area is 142 Å². The lowest BCUT2D eigenvalue weighted by atomic mass is 9.99. The van der Waals surface area contributed by atoms with Gasteiger partial charge in [0.2, 0.25) is 0 Å². The number of nitrogens with zero attached hydrogens (tertiary/aromatic N) is 1. The van der Waals surface area contributed by atoms with Gasteiger partial charge in [-0.2, -0.15) is 0 Å². The van der Waals surface area contributed by atoms with Gasteiger partial charge in [0.15, 0.2) is 0 Å². The summed E-state index contributed by atoms with van der Waals surface area (Å²) >= 11 is 5.03. The van der Waals surface area contributed by atoms with Crippen LogP contribution in [-0.2, 0) is 6.54 Å². The molecule has 0 bridgehead atoms. The Bertz CT molecular complexity index is 652. The first-order valence-corrected chi connectivity index (χ1v) is 9.08. The lowest BCUT2D eigenvalue weighted by Crippen LogP contribution is -2.27. The molecule has 2 N–H and O–H groups in total. The summed E-state index contributed by atoms with van der Waals surface area (Å²) in [6, 6.07) is 7.93. The summed E-state index contributed by atoms with van der Waals surface area (Å²) in [6.45, 7) is 2.59. The van der Waals surface area contributed by atoms with Crippen LogP contribution in [0, 0.1) is 0 Å². The average Bonchev–Trinajstić information content (AvgIpc) is 3.04. The fraction of sp³-hybridized carbons (Fsp3) is 0.375. The maximum Gasteiger partial charge on any atom is 0.271 e. The zero-order chi connectivity index (χ0) is 15.4. The molecule has 1 saturated heterocycles. The lowest BCUT2D eigenvalue weighted by Gasteiger charge is -2.20. The molecule has 116 valence electrons. The van der Waals surface area contributed by atoms with Crippen LogP contribution in [0.2, 0.25) is 0 Å². The number of carbonyl (C=O) groups is 1. The largest absolute Gasteiger partial charge is 0.347 e. The van der Waals surface area contributed by atoms with Crippen molar-refractivity contribution >= 4 is 33.2 Å². The molecule has 0 atom stereocenters. The number of amides is 1. The molecule has 1 aromatic heterocycles. The molecule has 2 heterocycles. The van der Waals surface area contributed by atoms with E-state index in [1.165, 1.54) is 0 Å². The Balaban J connectivity index is 1.59. The smallest absolute Gasteiger partial charge is 0.271 e. The summed E-state index contributed by atoms with van der Waals surface area (Å²) in [6.07, 6.45) is 2.21. The highest BCUT2D eigenvalue weighted by Gasteiger charge is 2.20. The van der Waals surface area contributed by atoms with Crippen LogP contribution in [0.3, 0.4) is 0 Å². The molecular formula is C16H18BrN3OS. The Hall–Kier alpha value is -1.24. The normalized spacial score (nSPS) is 15.7. The third-order valence-corrected chi connectivity index (χ3v) is 5.29. The van der Waals surface area contributed by atoms with E-state index >= 15 is 0 Å². The number of carbonyl (C=O) groups excluding carboxylic acids is 1. The van der Waals surface area contributed by atoms with Crippen LogP contribution in [0.1, 0.15) is 39.8 Å². The first-order chi connectivity index (χ1) is 10.7. The lowest BCUT2D eigenvalue weighted by molar-refractivity contribution is 0.0946. The Morgan fingerprint density at radius 3 is 3.00 bits per heavy atom. The predicted molar refractivity (Wildman–Crippen MR) is 92.3 cm³/mol. The van der Waals surface area contributed by atoms with Crippen LogP contribution < -0.4 is 10.6 Å². The third-order valence-electron chi connectivity index (χ3n) is 3.79. The van der Waals surface area contributed by atoms with E-state index in [0.29, 0.717) is 18.2 Å². The van der Waals surface area contributed by atoms with Crippen LogP contribution in [0.25, 0.3) is 0 Å². The highest BCUT2D eigenvalue weighted by atomic mass is 79.9. The van der Waals surface area contributed by atoms with Gasteiger partial charge >= 0.3 is 0 Å². The Morgan fingerprint density at radius 2 is 2.23 bits per heavy atom. The Kier molecular flexibility index (Phi) is 5.23. The number of benzene rings is 1. The molecule has 2 aromatic rings. The molecule has 1 aliphatic rings. The molecule has 1 aromatic carbocycles. The molecule has 6 heteroatoms. The first kappa shape index (κ1) is 15.6. The summed E-state index contributed by atoms with van der Waals surface area (Å²) < 4.78 is 1.01. The topological polar surface area (TPSA) is 54.0 Å². The molecule has 3 rings (SSSR count). The second-order valence-corrected chi connectivity index (χ2v) is 7.21. The standard InChI is InChI=1S/C16H18BrN3OS/c17-13-3-1-2-11(8-13)9-19-15(21)14-10-22-16(20-14)12-4-6-18-7-5-12/h1-3,8,10,12,18H,4-7,9H2,(H,19,21). The van der Waals surface area contributed by atoms with Gasteiger partial charge in [-0.1, -0.05) is 28.1 Å². The zero-order valence-electron chi connectivity index (χ0n) is 12.1. The van der Waals surface area contributed by atoms with Gasteiger partial charge in [0.1, 0.15) is 5.69 Å². The quantitative estimate of drug-likeness (QED) is 0.856. The predicted octanol–water partition coefficient (Wildman–Crippen LogP) is 3.30. The van der Waals surface area contributed by atoms with Gasteiger partial charge in [-0.15, -0.1) is 11.3 Å². The van der Waals surface area contributed by atoms with Crippen molar-refractivity contribution in [3.8, 4) is 0 Å². The molecule has 0 aliphatic carbocycles. The minimum Gasteiger partial charge on any atom is -0.347 e. The molecule has 0 unspecified atom stereocenters. The second-order valence-electron chi connectivity index (χ2n) is 5.41. The molecule has 22 heavy (non-hydrogen) atoms. The molecule has 1 fully saturated rings. The number of rotatable bonds is 4. The van der Waals surface area contributed by atoms with Crippen molar-refractivity contribution in [2.75, 3.05) is 13.1 Å². The summed E-state index contributed by atoms with van der Waals surface area (Å²) in [5.41, 5.74) is 1.60. The third kappa shape index (κ3) is 3.94. The maximum atomic E-state index is 12.2. The molecule has 1 aliphatic heterocycles.